The van der Waals surface area contributed by atoms with Gasteiger partial charge in [-0.15, -0.1) is 0 Å². The molecule has 0 fully saturated rings. The molecule has 2 aromatic rings. The second kappa shape index (κ2) is 8.64. The molecule has 1 aromatic heterocycles. The SMILES string of the molecule is C[C@H](NC(=O)COC(=O)/C=C/c1ccsc1)c1ccc(Br)cc1. The van der Waals surface area contributed by atoms with E-state index in [-0.39, 0.29) is 18.6 Å². The van der Waals surface area contributed by atoms with Gasteiger partial charge in [0, 0.05) is 10.5 Å². The molecule has 0 bridgehead atoms. The molecule has 1 heterocycles. The number of carbonyl (C=O) groups excluding carboxylic acids is 2. The Hall–Kier alpha value is -1.92. The van der Waals surface area contributed by atoms with Crippen LogP contribution in [-0.4, -0.2) is 18.5 Å². The lowest BCUT2D eigenvalue weighted by Crippen LogP contribution is -2.30. The largest absolute Gasteiger partial charge is 0.452 e. The van der Waals surface area contributed by atoms with Gasteiger partial charge in [0.25, 0.3) is 5.91 Å². The average molecular weight is 394 g/mol. The fraction of sp³-hybridized carbons (Fsp3) is 0.176. The van der Waals surface area contributed by atoms with E-state index in [0.717, 1.165) is 15.6 Å². The number of amides is 1. The number of esters is 1. The number of nitrogens with one attached hydrogen (secondary N) is 1. The highest BCUT2D eigenvalue weighted by molar-refractivity contribution is 9.10. The van der Waals surface area contributed by atoms with Crippen LogP contribution in [0.5, 0.6) is 0 Å². The van der Waals surface area contributed by atoms with Crippen LogP contribution >= 0.6 is 27.3 Å². The summed E-state index contributed by atoms with van der Waals surface area (Å²) in [4.78, 5) is 23.4. The minimum absolute atomic E-state index is 0.157. The summed E-state index contributed by atoms with van der Waals surface area (Å²) in [5.74, 6) is -0.875. The van der Waals surface area contributed by atoms with Crippen molar-refractivity contribution in [2.75, 3.05) is 6.61 Å². The molecule has 0 aliphatic carbocycles. The molecular weight excluding hydrogens is 378 g/mol. The minimum atomic E-state index is -0.539. The van der Waals surface area contributed by atoms with Gasteiger partial charge < -0.3 is 10.1 Å². The number of benzene rings is 1. The molecule has 1 atom stereocenters. The molecule has 4 nitrogen and oxygen atoms in total. The lowest BCUT2D eigenvalue weighted by atomic mass is 10.1. The van der Waals surface area contributed by atoms with Crippen molar-refractivity contribution >= 4 is 45.2 Å². The Morgan fingerprint density at radius 2 is 2.04 bits per heavy atom. The molecule has 0 saturated heterocycles. The Labute approximate surface area is 147 Å². The molecule has 120 valence electrons. The number of halogens is 1. The summed E-state index contributed by atoms with van der Waals surface area (Å²) in [6.45, 7) is 1.58. The smallest absolute Gasteiger partial charge is 0.331 e. The summed E-state index contributed by atoms with van der Waals surface area (Å²) >= 11 is 4.91. The Morgan fingerprint density at radius 3 is 2.70 bits per heavy atom. The van der Waals surface area contributed by atoms with Gasteiger partial charge in [-0.05, 0) is 53.1 Å². The molecule has 0 radical (unpaired) electrons. The van der Waals surface area contributed by atoms with Crippen molar-refractivity contribution in [3.05, 3.63) is 62.8 Å². The van der Waals surface area contributed by atoms with Crippen LogP contribution in [-0.2, 0) is 14.3 Å². The number of ether oxygens (including phenoxy) is 1. The van der Waals surface area contributed by atoms with Gasteiger partial charge in [-0.25, -0.2) is 4.79 Å². The van der Waals surface area contributed by atoms with Crippen molar-refractivity contribution < 1.29 is 14.3 Å². The monoisotopic (exact) mass is 393 g/mol. The van der Waals surface area contributed by atoms with Crippen molar-refractivity contribution in [2.24, 2.45) is 0 Å². The van der Waals surface area contributed by atoms with Crippen LogP contribution in [0.15, 0.2) is 51.6 Å². The Morgan fingerprint density at radius 1 is 1.30 bits per heavy atom. The Bertz CT molecular complexity index is 680. The van der Waals surface area contributed by atoms with Gasteiger partial charge in [-0.2, -0.15) is 11.3 Å². The summed E-state index contributed by atoms with van der Waals surface area (Å²) in [5, 5.41) is 6.62. The first-order valence-corrected chi connectivity index (χ1v) is 8.70. The molecular formula is C17H16BrNO3S. The predicted octanol–water partition coefficient (Wildman–Crippen LogP) is 3.94. The third-order valence-corrected chi connectivity index (χ3v) is 4.28. The molecule has 0 unspecified atom stereocenters. The molecule has 0 aliphatic rings. The van der Waals surface area contributed by atoms with Crippen molar-refractivity contribution in [1.29, 1.82) is 0 Å². The summed E-state index contributed by atoms with van der Waals surface area (Å²) < 4.78 is 5.89. The standard InChI is InChI=1S/C17H16BrNO3S/c1-12(14-3-5-15(18)6-4-14)19-16(20)10-22-17(21)7-2-13-8-9-23-11-13/h2-9,11-12H,10H2,1H3,(H,19,20)/b7-2+/t12-/m0/s1. The highest BCUT2D eigenvalue weighted by Gasteiger charge is 2.11. The van der Waals surface area contributed by atoms with Gasteiger partial charge in [0.2, 0.25) is 0 Å². The molecule has 1 amide bonds. The highest BCUT2D eigenvalue weighted by atomic mass is 79.9. The summed E-state index contributed by atoms with van der Waals surface area (Å²) in [7, 11) is 0. The Kier molecular flexibility index (Phi) is 6.55. The van der Waals surface area contributed by atoms with Crippen molar-refractivity contribution in [3.63, 3.8) is 0 Å². The second-order valence-electron chi connectivity index (χ2n) is 4.84. The van der Waals surface area contributed by atoms with Crippen LogP contribution in [0, 0.1) is 0 Å². The van der Waals surface area contributed by atoms with E-state index in [1.54, 1.807) is 17.4 Å². The molecule has 6 heteroatoms. The van der Waals surface area contributed by atoms with E-state index < -0.39 is 5.97 Å². The zero-order chi connectivity index (χ0) is 16.7. The van der Waals surface area contributed by atoms with E-state index in [1.165, 1.54) is 6.08 Å². The van der Waals surface area contributed by atoms with Crippen LogP contribution < -0.4 is 5.32 Å². The van der Waals surface area contributed by atoms with Crippen LogP contribution in [0.1, 0.15) is 24.1 Å². The second-order valence-corrected chi connectivity index (χ2v) is 6.53. The molecule has 0 spiro atoms. The number of carbonyl (C=O) groups is 2. The maximum atomic E-state index is 11.8. The van der Waals surface area contributed by atoms with Gasteiger partial charge in [0.05, 0.1) is 6.04 Å². The number of hydrogen-bond acceptors (Lipinski definition) is 4. The zero-order valence-electron chi connectivity index (χ0n) is 12.5. The maximum absolute atomic E-state index is 11.8. The molecule has 1 aromatic carbocycles. The summed E-state index contributed by atoms with van der Waals surface area (Å²) in [5.41, 5.74) is 1.91. The minimum Gasteiger partial charge on any atom is -0.452 e. The molecule has 23 heavy (non-hydrogen) atoms. The van der Waals surface area contributed by atoms with E-state index in [4.69, 9.17) is 4.74 Å². The Balaban J connectivity index is 1.76. The van der Waals surface area contributed by atoms with E-state index in [2.05, 4.69) is 21.2 Å². The zero-order valence-corrected chi connectivity index (χ0v) is 14.9. The number of rotatable bonds is 6. The van der Waals surface area contributed by atoms with Crippen molar-refractivity contribution in [3.8, 4) is 0 Å². The first kappa shape index (κ1) is 17.4. The lowest BCUT2D eigenvalue weighted by Gasteiger charge is -2.14. The fourth-order valence-electron chi connectivity index (χ4n) is 1.84. The maximum Gasteiger partial charge on any atom is 0.331 e. The normalized spacial score (nSPS) is 12.1. The van der Waals surface area contributed by atoms with Crippen LogP contribution in [0.25, 0.3) is 6.08 Å². The highest BCUT2D eigenvalue weighted by Crippen LogP contribution is 2.16. The topological polar surface area (TPSA) is 55.4 Å². The summed E-state index contributed by atoms with van der Waals surface area (Å²) in [6, 6.07) is 9.40. The van der Waals surface area contributed by atoms with E-state index >= 15 is 0 Å². The number of hydrogen-bond donors (Lipinski definition) is 1. The van der Waals surface area contributed by atoms with E-state index in [0.29, 0.717) is 0 Å². The molecule has 0 aliphatic heterocycles. The predicted molar refractivity (Wildman–Crippen MR) is 95.0 cm³/mol. The lowest BCUT2D eigenvalue weighted by molar-refractivity contribution is -0.144. The fourth-order valence-corrected chi connectivity index (χ4v) is 2.73. The van der Waals surface area contributed by atoms with Crippen LogP contribution in [0.2, 0.25) is 0 Å². The quantitative estimate of drug-likeness (QED) is 0.597. The van der Waals surface area contributed by atoms with Gasteiger partial charge in [0.1, 0.15) is 0 Å². The molecule has 0 saturated carbocycles. The van der Waals surface area contributed by atoms with E-state index in [1.807, 2.05) is 48.0 Å². The van der Waals surface area contributed by atoms with Gasteiger partial charge in [-0.1, -0.05) is 28.1 Å². The van der Waals surface area contributed by atoms with Crippen molar-refractivity contribution in [2.45, 2.75) is 13.0 Å². The summed E-state index contributed by atoms with van der Waals surface area (Å²) in [6.07, 6.45) is 2.97. The average Bonchev–Trinajstić information content (AvgIpc) is 3.05. The van der Waals surface area contributed by atoms with E-state index in [9.17, 15) is 9.59 Å². The molecule has 2 rings (SSSR count). The van der Waals surface area contributed by atoms with Gasteiger partial charge >= 0.3 is 5.97 Å². The molecule has 1 N–H and O–H groups in total. The van der Waals surface area contributed by atoms with Gasteiger partial charge in [0.15, 0.2) is 6.61 Å². The first-order chi connectivity index (χ1) is 11.0. The third kappa shape index (κ3) is 6.00. The van der Waals surface area contributed by atoms with Crippen LogP contribution in [0.3, 0.4) is 0 Å². The third-order valence-electron chi connectivity index (χ3n) is 3.05. The van der Waals surface area contributed by atoms with Crippen LogP contribution in [0.4, 0.5) is 0 Å². The first-order valence-electron chi connectivity index (χ1n) is 6.96. The number of thiophene rings is 1. The van der Waals surface area contributed by atoms with Gasteiger partial charge in [-0.3, -0.25) is 4.79 Å². The van der Waals surface area contributed by atoms with Crippen molar-refractivity contribution in [1.82, 2.24) is 5.32 Å².